The minimum Gasteiger partial charge on any atom is -0.463 e. The number of allylic oxidation sites excluding steroid dienone is 28. The van der Waals surface area contributed by atoms with E-state index in [2.05, 4.69) is 191 Å². The predicted molar refractivity (Wildman–Crippen MR) is 482 cm³/mol. The summed E-state index contributed by atoms with van der Waals surface area (Å²) in [7, 11) is -9.82. The number of phosphoric ester groups is 2. The molecular weight excluding hydrogens is 1480 g/mol. The van der Waals surface area contributed by atoms with Crippen LogP contribution in [0.3, 0.4) is 0 Å². The summed E-state index contributed by atoms with van der Waals surface area (Å²) in [4.78, 5) is 59.0. The fourth-order valence-corrected chi connectivity index (χ4v) is 13.7. The van der Waals surface area contributed by atoms with Crippen molar-refractivity contribution in [1.82, 2.24) is 0 Å². The summed E-state index contributed by atoms with van der Waals surface area (Å²) in [6.07, 6.45) is 114. The first-order valence-corrected chi connectivity index (χ1v) is 48.4. The number of carbonyl (C=O) groups excluding carboxylic acids is 3. The van der Waals surface area contributed by atoms with Crippen molar-refractivity contribution < 1.29 is 75.8 Å². The van der Waals surface area contributed by atoms with Gasteiger partial charge < -0.3 is 34.2 Å². The van der Waals surface area contributed by atoms with E-state index < -0.39 is 91.5 Å². The van der Waals surface area contributed by atoms with E-state index in [4.69, 9.17) is 32.3 Å². The summed E-state index contributed by atoms with van der Waals surface area (Å²) >= 11 is 0. The van der Waals surface area contributed by atoms with Gasteiger partial charge in [-0.25, -0.2) is 9.13 Å². The topological polar surface area (TPSA) is 231 Å². The van der Waals surface area contributed by atoms with Crippen molar-refractivity contribution in [2.45, 2.75) is 386 Å². The van der Waals surface area contributed by atoms with Gasteiger partial charge in [-0.3, -0.25) is 32.5 Å². The van der Waals surface area contributed by atoms with Gasteiger partial charge >= 0.3 is 33.6 Å². The second-order valence-corrected chi connectivity index (χ2v) is 32.9. The molecule has 18 heteroatoms. The first-order valence-electron chi connectivity index (χ1n) is 45.4. The zero-order valence-electron chi connectivity index (χ0n) is 72.4. The van der Waals surface area contributed by atoms with Gasteiger partial charge in [-0.1, -0.05) is 364 Å². The van der Waals surface area contributed by atoms with Crippen molar-refractivity contribution in [2.75, 3.05) is 39.6 Å². The summed E-state index contributed by atoms with van der Waals surface area (Å²) < 4.78 is 61.4. The molecule has 16 nitrogen and oxygen atoms in total. The fourth-order valence-electron chi connectivity index (χ4n) is 12.1. The maximum Gasteiger partial charge on any atom is 0.472 e. The number of aliphatic hydroxyl groups is 2. The quantitative estimate of drug-likeness (QED) is 0.0146. The summed E-state index contributed by atoms with van der Waals surface area (Å²) in [5.41, 5.74) is 0. The summed E-state index contributed by atoms with van der Waals surface area (Å²) in [5.74, 6) is -1.60. The molecule has 0 spiro atoms. The molecule has 0 rings (SSSR count). The van der Waals surface area contributed by atoms with Gasteiger partial charge in [-0.15, -0.1) is 0 Å². The Morgan fingerprint density at radius 3 is 0.730 bits per heavy atom. The molecule has 4 N–H and O–H groups in total. The Morgan fingerprint density at radius 1 is 0.252 bits per heavy atom. The molecule has 0 radical (unpaired) electrons. The smallest absolute Gasteiger partial charge is 0.463 e. The Morgan fingerprint density at radius 2 is 0.461 bits per heavy atom. The number of carbonyl (C=O) groups is 3. The average molecular weight is 1650 g/mol. The van der Waals surface area contributed by atoms with E-state index in [9.17, 15) is 43.5 Å². The van der Waals surface area contributed by atoms with Crippen LogP contribution < -0.4 is 0 Å². The van der Waals surface area contributed by atoms with E-state index in [1.165, 1.54) is 141 Å². The SMILES string of the molecule is CC/C=C\C/C=C\C/C=C\C/C=C\C/C=C\CCCCCCCCCCCCCCCCCC(=O)OCC(O)COP(=O)(O)OCC(O)COP(=O)(O)OCC(COC(=O)CCCCCCCCCCCCC/C=C\C/C=C\C/C=C\C/C=C\CCCCC)OC(=O)CCCCCCC/C=C\C/C=C\C/C=C\C/C=C\C/C=C\CC. The molecule has 0 aliphatic rings. The summed E-state index contributed by atoms with van der Waals surface area (Å²) in [6, 6.07) is 0. The minimum absolute atomic E-state index is 0.0773. The monoisotopic (exact) mass is 1650 g/mol. The number of hydrogen-bond donors (Lipinski definition) is 4. The summed E-state index contributed by atoms with van der Waals surface area (Å²) in [6.45, 7) is 2.44. The van der Waals surface area contributed by atoms with Crippen molar-refractivity contribution in [3.63, 3.8) is 0 Å². The standard InChI is InChI=1S/C97H164O16P2/c1-4-7-10-13-16-19-22-25-28-31-34-37-39-41-43-44-45-46-48-50-51-54-56-59-62-65-68-71-74-77-80-83-95(100)107-86-92(98)87-109-114(103,104)110-88-93(99)89-111-115(105,106)112-91-94(113-97(102)85-82-79-76-73-70-67-64-61-58-53-36-33-30-27-24-21-18-15-12-9-6-3)90-108-96(101)84-81-78-75-72-69-66-63-60-57-55-52-49-47-42-40-38-35-32-29-26-23-20-17-14-11-8-5-2/h7,9-10,12,16-21,25-30,34-38,41-43,47,53,61,64,92-94,98-99H,4-6,8,11,13-15,22-24,31-33,39-40,44-46,48-52,54-60,62-63,65-91H2,1-3H3,(H,103,104)(H,105,106)/b10-7-,12-9-,19-16-,20-17-,21-18-,28-25-,29-26-,30-27-,37-34-,38-35-,43-41-,47-42-,53-36-,64-61-. The molecule has 0 saturated heterocycles. The Hall–Kier alpha value is -5.09. The van der Waals surface area contributed by atoms with Crippen molar-refractivity contribution in [2.24, 2.45) is 0 Å². The number of rotatable bonds is 85. The van der Waals surface area contributed by atoms with Gasteiger partial charge in [0.25, 0.3) is 0 Å². The van der Waals surface area contributed by atoms with Gasteiger partial charge in [0, 0.05) is 19.3 Å². The van der Waals surface area contributed by atoms with Gasteiger partial charge in [-0.05, 0) is 154 Å². The van der Waals surface area contributed by atoms with Crippen LogP contribution in [0.25, 0.3) is 0 Å². The number of hydrogen-bond acceptors (Lipinski definition) is 14. The highest BCUT2D eigenvalue weighted by Gasteiger charge is 2.29. The van der Waals surface area contributed by atoms with Gasteiger partial charge in [0.15, 0.2) is 6.10 Å². The molecule has 0 amide bonds. The molecule has 5 unspecified atom stereocenters. The van der Waals surface area contributed by atoms with E-state index in [1.54, 1.807) is 0 Å². The Kier molecular flexibility index (Phi) is 84.3. The molecule has 0 aromatic heterocycles. The zero-order chi connectivity index (χ0) is 83.6. The maximum absolute atomic E-state index is 13.1. The van der Waals surface area contributed by atoms with Crippen molar-refractivity contribution in [3.8, 4) is 0 Å². The lowest BCUT2D eigenvalue weighted by Crippen LogP contribution is -2.30. The predicted octanol–water partition coefficient (Wildman–Crippen LogP) is 27.9. The highest BCUT2D eigenvalue weighted by Crippen LogP contribution is 2.45. The van der Waals surface area contributed by atoms with Gasteiger partial charge in [0.1, 0.15) is 25.4 Å². The lowest BCUT2D eigenvalue weighted by Gasteiger charge is -2.21. The van der Waals surface area contributed by atoms with Crippen molar-refractivity contribution in [3.05, 3.63) is 170 Å². The van der Waals surface area contributed by atoms with Crippen LogP contribution in [-0.2, 0) is 55.8 Å². The molecule has 0 aromatic rings. The van der Waals surface area contributed by atoms with E-state index in [0.717, 1.165) is 167 Å². The largest absolute Gasteiger partial charge is 0.472 e. The van der Waals surface area contributed by atoms with Crippen LogP contribution in [0.15, 0.2) is 170 Å². The fraction of sp³-hybridized carbons (Fsp3) is 0.680. The second-order valence-electron chi connectivity index (χ2n) is 30.0. The zero-order valence-corrected chi connectivity index (χ0v) is 74.2. The highest BCUT2D eigenvalue weighted by atomic mass is 31.2. The number of unbranched alkanes of at least 4 members (excludes halogenated alkanes) is 34. The molecule has 115 heavy (non-hydrogen) atoms. The van der Waals surface area contributed by atoms with Crippen LogP contribution >= 0.6 is 15.6 Å². The second kappa shape index (κ2) is 88.2. The molecule has 658 valence electrons. The Balaban J connectivity index is 4.61. The Bertz CT molecular complexity index is 2770. The van der Waals surface area contributed by atoms with Crippen LogP contribution in [0.5, 0.6) is 0 Å². The van der Waals surface area contributed by atoms with Gasteiger partial charge in [0.2, 0.25) is 0 Å². The molecule has 5 atom stereocenters. The first kappa shape index (κ1) is 110. The first-order chi connectivity index (χ1) is 56.2. The van der Waals surface area contributed by atoms with Crippen LogP contribution in [0.4, 0.5) is 0 Å². The van der Waals surface area contributed by atoms with Crippen LogP contribution in [-0.4, -0.2) is 95.9 Å². The molecule has 0 fully saturated rings. The molecule has 0 saturated carbocycles. The Labute approximate surface area is 701 Å². The molecule has 0 aliphatic carbocycles. The highest BCUT2D eigenvalue weighted by molar-refractivity contribution is 7.47. The van der Waals surface area contributed by atoms with E-state index >= 15 is 0 Å². The maximum atomic E-state index is 13.1. The average Bonchev–Trinajstić information content (AvgIpc) is 0.902. The van der Waals surface area contributed by atoms with Crippen LogP contribution in [0, 0.1) is 0 Å². The third kappa shape index (κ3) is 89.5. The molecule has 0 aromatic carbocycles. The van der Waals surface area contributed by atoms with E-state index in [-0.39, 0.29) is 19.3 Å². The molecular formula is C97H164O16P2. The molecule has 0 aliphatic heterocycles. The normalized spacial score (nSPS) is 14.6. The minimum atomic E-state index is -4.95. The number of ether oxygens (including phenoxy) is 3. The van der Waals surface area contributed by atoms with E-state index in [1.807, 2.05) is 0 Å². The lowest BCUT2D eigenvalue weighted by molar-refractivity contribution is -0.161. The third-order valence-electron chi connectivity index (χ3n) is 18.9. The molecule has 0 heterocycles. The lowest BCUT2D eigenvalue weighted by atomic mass is 10.0. The summed E-state index contributed by atoms with van der Waals surface area (Å²) in [5, 5.41) is 20.7. The van der Waals surface area contributed by atoms with Crippen LogP contribution in [0.1, 0.15) is 367 Å². The van der Waals surface area contributed by atoms with E-state index in [0.29, 0.717) is 19.3 Å². The van der Waals surface area contributed by atoms with Crippen molar-refractivity contribution in [1.29, 1.82) is 0 Å². The number of esters is 3. The third-order valence-corrected chi connectivity index (χ3v) is 20.8. The van der Waals surface area contributed by atoms with Gasteiger partial charge in [0.05, 0.1) is 26.4 Å². The van der Waals surface area contributed by atoms with Crippen LogP contribution in [0.2, 0.25) is 0 Å². The molecule has 0 bridgehead atoms. The number of aliphatic hydroxyl groups excluding tert-OH is 2. The van der Waals surface area contributed by atoms with Crippen molar-refractivity contribution >= 4 is 33.6 Å². The number of phosphoric acid groups is 2. The van der Waals surface area contributed by atoms with Gasteiger partial charge in [-0.2, -0.15) is 0 Å².